The Balaban J connectivity index is 1.67. The molecule has 0 amide bonds. The van der Waals surface area contributed by atoms with Gasteiger partial charge in [-0.3, -0.25) is 4.79 Å². The van der Waals surface area contributed by atoms with Gasteiger partial charge in [0.25, 0.3) is 0 Å². The smallest absolute Gasteiger partial charge is 0.204 e. The van der Waals surface area contributed by atoms with Gasteiger partial charge in [0.15, 0.2) is 5.60 Å². The van der Waals surface area contributed by atoms with Crippen molar-refractivity contribution in [2.45, 2.75) is 12.0 Å². The number of carbonyl (C=O) groups excluding carboxylic acids is 1. The summed E-state index contributed by atoms with van der Waals surface area (Å²) in [7, 11) is 0. The molecule has 1 fully saturated rings. The zero-order valence-electron chi connectivity index (χ0n) is 13.1. The molecule has 1 aromatic heterocycles. The molecule has 25 heavy (non-hydrogen) atoms. The van der Waals surface area contributed by atoms with Crippen LogP contribution in [0.4, 0.5) is 11.4 Å². The van der Waals surface area contributed by atoms with Crippen LogP contribution in [0.5, 0.6) is 0 Å². The summed E-state index contributed by atoms with van der Waals surface area (Å²) in [6.07, 6.45) is 0.318. The van der Waals surface area contributed by atoms with Crippen LogP contribution in [0.2, 0.25) is 5.02 Å². The highest BCUT2D eigenvalue weighted by Gasteiger charge is 2.52. The fourth-order valence-electron chi connectivity index (χ4n) is 3.58. The maximum Gasteiger partial charge on any atom is 0.204 e. The lowest BCUT2D eigenvalue weighted by atomic mass is 9.87. The number of fused-ring (bicyclic) bond motifs is 3. The number of anilines is 1. The molecule has 5 rings (SSSR count). The number of thiophene rings is 1. The first-order chi connectivity index (χ1) is 12.1. The van der Waals surface area contributed by atoms with Crippen molar-refractivity contribution in [3.8, 4) is 0 Å². The first kappa shape index (κ1) is 15.1. The van der Waals surface area contributed by atoms with Gasteiger partial charge in [-0.1, -0.05) is 11.6 Å². The number of benzene rings is 2. The molecule has 1 unspecified atom stereocenters. The molecule has 1 saturated heterocycles. The minimum Gasteiger partial charge on any atom is -0.374 e. The van der Waals surface area contributed by atoms with Gasteiger partial charge in [0, 0.05) is 33.9 Å². The van der Waals surface area contributed by atoms with Crippen molar-refractivity contribution in [3.63, 3.8) is 0 Å². The molecule has 3 heterocycles. The number of Topliss-reactive ketones (excluding diaryl/α,β-unsaturated/α-hetero) is 1. The van der Waals surface area contributed by atoms with E-state index in [4.69, 9.17) is 11.6 Å². The number of carbonyl (C=O) groups is 1. The van der Waals surface area contributed by atoms with E-state index in [-0.39, 0.29) is 5.78 Å². The zero-order valence-corrected chi connectivity index (χ0v) is 14.6. The van der Waals surface area contributed by atoms with Crippen molar-refractivity contribution in [2.75, 3.05) is 11.4 Å². The van der Waals surface area contributed by atoms with Gasteiger partial charge in [0.05, 0.1) is 5.69 Å². The summed E-state index contributed by atoms with van der Waals surface area (Å²) in [5.74, 6) is 0.0796. The molecule has 2 aromatic carbocycles. The van der Waals surface area contributed by atoms with Gasteiger partial charge in [0.2, 0.25) is 5.78 Å². The van der Waals surface area contributed by atoms with Crippen molar-refractivity contribution in [1.29, 1.82) is 0 Å². The highest BCUT2D eigenvalue weighted by molar-refractivity contribution is 7.17. The number of ketones is 1. The Bertz CT molecular complexity index is 1070. The van der Waals surface area contributed by atoms with E-state index in [9.17, 15) is 9.90 Å². The van der Waals surface area contributed by atoms with Gasteiger partial charge in [-0.05, 0) is 53.2 Å². The van der Waals surface area contributed by atoms with Crippen molar-refractivity contribution < 1.29 is 9.90 Å². The third-order valence-electron chi connectivity index (χ3n) is 4.88. The van der Waals surface area contributed by atoms with Crippen molar-refractivity contribution >= 4 is 56.0 Å². The monoisotopic (exact) mass is 368 g/mol. The van der Waals surface area contributed by atoms with Crippen LogP contribution in [-0.4, -0.2) is 28.9 Å². The lowest BCUT2D eigenvalue weighted by Crippen LogP contribution is -2.48. The molecule has 2 aliphatic rings. The van der Waals surface area contributed by atoms with Crippen LogP contribution in [0.25, 0.3) is 10.1 Å². The Labute approximate surface area is 153 Å². The normalized spacial score (nSPS) is 22.1. The molecular weight excluding hydrogens is 356 g/mol. The van der Waals surface area contributed by atoms with Crippen molar-refractivity contribution in [1.82, 2.24) is 0 Å². The summed E-state index contributed by atoms with van der Waals surface area (Å²) in [6.45, 7) is 0.540. The van der Waals surface area contributed by atoms with E-state index in [1.54, 1.807) is 29.5 Å². The van der Waals surface area contributed by atoms with E-state index in [1.165, 1.54) is 4.70 Å². The Hall–Kier alpha value is -2.21. The molecule has 1 N–H and O–H groups in total. The number of amidine groups is 1. The summed E-state index contributed by atoms with van der Waals surface area (Å²) in [6, 6.07) is 13.2. The quantitative estimate of drug-likeness (QED) is 0.691. The molecule has 0 radical (unpaired) electrons. The Morgan fingerprint density at radius 1 is 1.20 bits per heavy atom. The maximum absolute atomic E-state index is 12.9. The summed E-state index contributed by atoms with van der Waals surface area (Å²) in [5.41, 5.74) is 0.290. The van der Waals surface area contributed by atoms with Crippen molar-refractivity contribution in [2.24, 2.45) is 4.99 Å². The predicted molar refractivity (Wildman–Crippen MR) is 102 cm³/mol. The van der Waals surface area contributed by atoms with Gasteiger partial charge in [-0.25, -0.2) is 4.99 Å². The lowest BCUT2D eigenvalue weighted by molar-refractivity contribution is 0.0602. The molecule has 0 aliphatic carbocycles. The van der Waals surface area contributed by atoms with Gasteiger partial charge < -0.3 is 10.0 Å². The molecule has 2 aliphatic heterocycles. The highest BCUT2D eigenvalue weighted by atomic mass is 35.5. The lowest BCUT2D eigenvalue weighted by Gasteiger charge is -2.29. The van der Waals surface area contributed by atoms with Crippen LogP contribution in [0.1, 0.15) is 16.8 Å². The van der Waals surface area contributed by atoms with Gasteiger partial charge in [-0.2, -0.15) is 0 Å². The summed E-state index contributed by atoms with van der Waals surface area (Å²) < 4.78 is 1.21. The molecule has 0 bridgehead atoms. The van der Waals surface area contributed by atoms with Crippen LogP contribution >= 0.6 is 22.9 Å². The minimum absolute atomic E-state index is 0.318. The van der Waals surface area contributed by atoms with Crippen LogP contribution in [0, 0.1) is 0 Å². The molecule has 4 nitrogen and oxygen atoms in total. The van der Waals surface area contributed by atoms with Gasteiger partial charge >= 0.3 is 0 Å². The zero-order chi connectivity index (χ0) is 17.2. The standard InChI is InChI=1S/C19H13ClN2O2S/c20-12-1-3-15-14(10-12)17(23)19(24)6-7-22(18(19)21-15)13-2-4-16-11(9-13)5-8-25-16/h1-5,8-10,24H,6-7H2. The van der Waals surface area contributed by atoms with Crippen LogP contribution in [-0.2, 0) is 0 Å². The number of nitrogens with zero attached hydrogens (tertiary/aromatic N) is 2. The van der Waals surface area contributed by atoms with Crippen LogP contribution in [0.3, 0.4) is 0 Å². The molecule has 124 valence electrons. The van der Waals surface area contributed by atoms with E-state index >= 15 is 0 Å². The second kappa shape index (κ2) is 5.14. The number of rotatable bonds is 1. The second-order valence-electron chi connectivity index (χ2n) is 6.33. The predicted octanol–water partition coefficient (Wildman–Crippen LogP) is 4.42. The van der Waals surface area contributed by atoms with E-state index in [1.807, 2.05) is 11.0 Å². The number of aliphatic hydroxyl groups is 1. The van der Waals surface area contributed by atoms with E-state index in [0.29, 0.717) is 35.1 Å². The molecule has 3 aromatic rings. The van der Waals surface area contributed by atoms with E-state index in [0.717, 1.165) is 11.1 Å². The Morgan fingerprint density at radius 2 is 2.08 bits per heavy atom. The first-order valence-electron chi connectivity index (χ1n) is 7.97. The Morgan fingerprint density at radius 3 is 2.96 bits per heavy atom. The van der Waals surface area contributed by atoms with E-state index in [2.05, 4.69) is 28.6 Å². The molecule has 0 saturated carbocycles. The third-order valence-corrected chi connectivity index (χ3v) is 6.01. The second-order valence-corrected chi connectivity index (χ2v) is 7.71. The minimum atomic E-state index is -1.58. The SMILES string of the molecule is O=C1c2cc(Cl)ccc2N=C2N(c3ccc4sccc4c3)CCC12O. The Kier molecular flexibility index (Phi) is 3.10. The fourth-order valence-corrected chi connectivity index (χ4v) is 4.52. The number of hydrogen-bond acceptors (Lipinski definition) is 5. The summed E-state index contributed by atoms with van der Waals surface area (Å²) >= 11 is 7.70. The van der Waals surface area contributed by atoms with E-state index < -0.39 is 5.60 Å². The number of aliphatic imine (C=N–C) groups is 1. The number of halogens is 1. The summed E-state index contributed by atoms with van der Waals surface area (Å²) in [4.78, 5) is 19.5. The molecule has 6 heteroatoms. The largest absolute Gasteiger partial charge is 0.374 e. The van der Waals surface area contributed by atoms with Crippen LogP contribution in [0.15, 0.2) is 52.8 Å². The van der Waals surface area contributed by atoms with Crippen LogP contribution < -0.4 is 4.90 Å². The van der Waals surface area contributed by atoms with Crippen molar-refractivity contribution in [3.05, 3.63) is 58.4 Å². The summed E-state index contributed by atoms with van der Waals surface area (Å²) in [5, 5.41) is 14.7. The molecular formula is C19H13ClN2O2S. The molecule has 0 spiro atoms. The fraction of sp³-hybridized carbons (Fsp3) is 0.158. The maximum atomic E-state index is 12.9. The van der Waals surface area contributed by atoms with Gasteiger partial charge in [0.1, 0.15) is 5.84 Å². The topological polar surface area (TPSA) is 52.9 Å². The number of hydrogen-bond donors (Lipinski definition) is 1. The van der Waals surface area contributed by atoms with Gasteiger partial charge in [-0.15, -0.1) is 11.3 Å². The average Bonchev–Trinajstić information content (AvgIpc) is 3.20. The first-order valence-corrected chi connectivity index (χ1v) is 9.23. The third kappa shape index (κ3) is 2.10. The average molecular weight is 369 g/mol. The molecule has 1 atom stereocenters. The highest BCUT2D eigenvalue weighted by Crippen LogP contribution is 2.40.